The van der Waals surface area contributed by atoms with E-state index >= 15 is 0 Å². The highest BCUT2D eigenvalue weighted by Gasteiger charge is 2.28. The molecule has 0 amide bonds. The first-order valence-electron chi connectivity index (χ1n) is 5.81. The van der Waals surface area contributed by atoms with Crippen LogP contribution >= 0.6 is 22.7 Å². The Morgan fingerprint density at radius 3 is 2.65 bits per heavy atom. The third kappa shape index (κ3) is 3.26. The zero-order valence-corrected chi connectivity index (χ0v) is 13.0. The lowest BCUT2D eigenvalue weighted by atomic mass is 10.3. The standard InChI is InChI=1S/C12H13NO4S3/c1-2-8-5-6-10(19-8)20(16,17)13-11(12(14)15)9-4-3-7-18-9/h3-7,11,13H,2H2,1H3,(H,14,15). The fourth-order valence-electron chi connectivity index (χ4n) is 1.59. The number of sulfonamides is 1. The zero-order valence-electron chi connectivity index (χ0n) is 10.6. The molecule has 0 aliphatic rings. The van der Waals surface area contributed by atoms with Crippen LogP contribution in [-0.2, 0) is 21.2 Å². The second-order valence-electron chi connectivity index (χ2n) is 3.98. The SMILES string of the molecule is CCc1ccc(S(=O)(=O)NC(C(=O)O)c2cccs2)s1. The summed E-state index contributed by atoms with van der Waals surface area (Å²) in [7, 11) is -3.83. The summed E-state index contributed by atoms with van der Waals surface area (Å²) in [4.78, 5) is 12.6. The van der Waals surface area contributed by atoms with Gasteiger partial charge in [-0.15, -0.1) is 22.7 Å². The first kappa shape index (κ1) is 15.2. The van der Waals surface area contributed by atoms with Crippen LogP contribution in [0.4, 0.5) is 0 Å². The molecule has 108 valence electrons. The Labute approximate surface area is 124 Å². The number of nitrogens with one attached hydrogen (secondary N) is 1. The smallest absolute Gasteiger partial charge is 0.327 e. The number of hydrogen-bond acceptors (Lipinski definition) is 5. The molecule has 2 aromatic heterocycles. The summed E-state index contributed by atoms with van der Waals surface area (Å²) in [5, 5.41) is 10.9. The highest BCUT2D eigenvalue weighted by Crippen LogP contribution is 2.25. The number of aliphatic carboxylic acids is 1. The van der Waals surface area contributed by atoms with E-state index in [2.05, 4.69) is 4.72 Å². The van der Waals surface area contributed by atoms with Gasteiger partial charge in [-0.1, -0.05) is 13.0 Å². The first-order chi connectivity index (χ1) is 9.44. The topological polar surface area (TPSA) is 83.5 Å². The van der Waals surface area contributed by atoms with Crippen LogP contribution in [0, 0.1) is 0 Å². The maximum Gasteiger partial charge on any atom is 0.327 e. The van der Waals surface area contributed by atoms with Gasteiger partial charge >= 0.3 is 5.97 Å². The Bertz CT molecular complexity index is 688. The van der Waals surface area contributed by atoms with Gasteiger partial charge in [0.15, 0.2) is 6.04 Å². The van der Waals surface area contributed by atoms with E-state index in [9.17, 15) is 18.3 Å². The molecule has 20 heavy (non-hydrogen) atoms. The van der Waals surface area contributed by atoms with Crippen LogP contribution in [-0.4, -0.2) is 19.5 Å². The maximum absolute atomic E-state index is 12.2. The molecule has 2 N–H and O–H groups in total. The van der Waals surface area contributed by atoms with Gasteiger partial charge < -0.3 is 5.11 Å². The minimum Gasteiger partial charge on any atom is -0.480 e. The minimum absolute atomic E-state index is 0.136. The van der Waals surface area contributed by atoms with E-state index in [-0.39, 0.29) is 4.21 Å². The molecular formula is C12H13NO4S3. The van der Waals surface area contributed by atoms with Gasteiger partial charge in [0, 0.05) is 9.75 Å². The lowest BCUT2D eigenvalue weighted by Crippen LogP contribution is -2.32. The van der Waals surface area contributed by atoms with Gasteiger partial charge in [-0.05, 0) is 30.0 Å². The Hall–Kier alpha value is -1.22. The van der Waals surface area contributed by atoms with Gasteiger partial charge in [0.2, 0.25) is 0 Å². The van der Waals surface area contributed by atoms with E-state index in [1.807, 2.05) is 6.92 Å². The van der Waals surface area contributed by atoms with Crippen LogP contribution in [0.1, 0.15) is 22.7 Å². The van der Waals surface area contributed by atoms with Crippen LogP contribution in [0.25, 0.3) is 0 Å². The van der Waals surface area contributed by atoms with E-state index < -0.39 is 22.0 Å². The summed E-state index contributed by atoms with van der Waals surface area (Å²) >= 11 is 2.35. The van der Waals surface area contributed by atoms with E-state index in [0.717, 1.165) is 22.6 Å². The number of rotatable bonds is 6. The van der Waals surface area contributed by atoms with Crippen LogP contribution in [0.5, 0.6) is 0 Å². The summed E-state index contributed by atoms with van der Waals surface area (Å²) in [6.45, 7) is 1.93. The second kappa shape index (κ2) is 6.04. The van der Waals surface area contributed by atoms with Gasteiger partial charge in [-0.2, -0.15) is 4.72 Å². The van der Waals surface area contributed by atoms with Crippen molar-refractivity contribution >= 4 is 38.7 Å². The molecule has 2 aromatic rings. The van der Waals surface area contributed by atoms with Crippen molar-refractivity contribution in [3.05, 3.63) is 39.4 Å². The molecule has 0 spiro atoms. The second-order valence-corrected chi connectivity index (χ2v) is 8.07. The Morgan fingerprint density at radius 1 is 1.40 bits per heavy atom. The van der Waals surface area contributed by atoms with Crippen molar-refractivity contribution in [2.24, 2.45) is 0 Å². The lowest BCUT2D eigenvalue weighted by molar-refractivity contribution is -0.139. The third-order valence-electron chi connectivity index (χ3n) is 2.60. The van der Waals surface area contributed by atoms with Crippen LogP contribution in [0.2, 0.25) is 0 Å². The minimum atomic E-state index is -3.83. The average molecular weight is 331 g/mol. The van der Waals surface area contributed by atoms with Crippen molar-refractivity contribution < 1.29 is 18.3 Å². The molecule has 1 atom stereocenters. The summed E-state index contributed by atoms with van der Waals surface area (Å²) in [5.74, 6) is -1.22. The lowest BCUT2D eigenvalue weighted by Gasteiger charge is -2.12. The number of carbonyl (C=O) groups is 1. The fraction of sp³-hybridized carbons (Fsp3) is 0.250. The van der Waals surface area contributed by atoms with Crippen molar-refractivity contribution in [3.63, 3.8) is 0 Å². The summed E-state index contributed by atoms with van der Waals surface area (Å²) in [6.07, 6.45) is 0.744. The first-order valence-corrected chi connectivity index (χ1v) is 8.99. The largest absolute Gasteiger partial charge is 0.480 e. The summed E-state index contributed by atoms with van der Waals surface area (Å²) in [5.41, 5.74) is 0. The van der Waals surface area contributed by atoms with Crippen molar-refractivity contribution in [3.8, 4) is 0 Å². The van der Waals surface area contributed by atoms with Gasteiger partial charge in [-0.25, -0.2) is 8.42 Å². The Balaban J connectivity index is 2.28. The molecule has 0 radical (unpaired) electrons. The number of aryl methyl sites for hydroxylation is 1. The molecule has 1 unspecified atom stereocenters. The third-order valence-corrected chi connectivity index (χ3v) is 6.68. The van der Waals surface area contributed by atoms with Gasteiger partial charge in [0.25, 0.3) is 10.0 Å². The molecule has 0 aromatic carbocycles. The van der Waals surface area contributed by atoms with Gasteiger partial charge in [-0.3, -0.25) is 4.79 Å². The summed E-state index contributed by atoms with van der Waals surface area (Å²) in [6, 6.07) is 5.26. The molecule has 0 aliphatic carbocycles. The molecular weight excluding hydrogens is 318 g/mol. The van der Waals surface area contributed by atoms with E-state index in [0.29, 0.717) is 4.88 Å². The number of carboxylic acid groups (broad SMARTS) is 1. The average Bonchev–Trinajstić information content (AvgIpc) is 3.06. The molecule has 0 bridgehead atoms. The normalized spacial score (nSPS) is 13.2. The fourth-order valence-corrected chi connectivity index (χ4v) is 4.91. The number of carboxylic acids is 1. The summed E-state index contributed by atoms with van der Waals surface area (Å²) < 4.78 is 26.8. The van der Waals surface area contributed by atoms with Crippen molar-refractivity contribution in [1.82, 2.24) is 4.72 Å². The molecule has 5 nitrogen and oxygen atoms in total. The van der Waals surface area contributed by atoms with Crippen molar-refractivity contribution in [2.45, 2.75) is 23.6 Å². The molecule has 2 rings (SSSR count). The van der Waals surface area contributed by atoms with E-state index in [1.165, 1.54) is 17.4 Å². The van der Waals surface area contributed by atoms with Crippen molar-refractivity contribution in [2.75, 3.05) is 0 Å². The molecule has 0 aliphatic heterocycles. The Kier molecular flexibility index (Phi) is 4.59. The highest BCUT2D eigenvalue weighted by molar-refractivity contribution is 7.91. The zero-order chi connectivity index (χ0) is 14.8. The predicted molar refractivity (Wildman–Crippen MR) is 78.7 cm³/mol. The van der Waals surface area contributed by atoms with Crippen LogP contribution in [0.15, 0.2) is 33.9 Å². The van der Waals surface area contributed by atoms with Gasteiger partial charge in [0.1, 0.15) is 4.21 Å². The Morgan fingerprint density at radius 2 is 2.15 bits per heavy atom. The molecule has 0 fully saturated rings. The quantitative estimate of drug-likeness (QED) is 0.852. The highest BCUT2D eigenvalue weighted by atomic mass is 32.2. The number of thiophene rings is 2. The molecule has 0 saturated heterocycles. The number of hydrogen-bond donors (Lipinski definition) is 2. The van der Waals surface area contributed by atoms with Crippen LogP contribution in [0.3, 0.4) is 0 Å². The van der Waals surface area contributed by atoms with Gasteiger partial charge in [0.05, 0.1) is 0 Å². The predicted octanol–water partition coefficient (Wildman–Crippen LogP) is 2.48. The maximum atomic E-state index is 12.2. The molecule has 0 saturated carbocycles. The van der Waals surface area contributed by atoms with Crippen LogP contribution < -0.4 is 4.72 Å². The monoisotopic (exact) mass is 331 g/mol. The van der Waals surface area contributed by atoms with E-state index in [4.69, 9.17) is 0 Å². The molecule has 8 heteroatoms. The van der Waals surface area contributed by atoms with Crippen molar-refractivity contribution in [1.29, 1.82) is 0 Å². The molecule has 2 heterocycles. The van der Waals surface area contributed by atoms with E-state index in [1.54, 1.807) is 23.6 Å².